The number of halogens is 1. The van der Waals surface area contributed by atoms with Crippen LogP contribution in [0.15, 0.2) is 45.7 Å². The molecule has 3 heterocycles. The molecule has 2 aliphatic rings. The van der Waals surface area contributed by atoms with Crippen molar-refractivity contribution in [3.05, 3.63) is 52.1 Å². The zero-order valence-corrected chi connectivity index (χ0v) is 16.5. The van der Waals surface area contributed by atoms with Crippen LogP contribution in [0.25, 0.3) is 17.4 Å². The molecule has 0 atom stereocenters. The van der Waals surface area contributed by atoms with Crippen LogP contribution >= 0.6 is 23.4 Å². The molecule has 0 aliphatic carbocycles. The van der Waals surface area contributed by atoms with Gasteiger partial charge in [0.15, 0.2) is 0 Å². The van der Waals surface area contributed by atoms with Crippen LogP contribution in [0.4, 0.5) is 4.79 Å². The third-order valence-corrected chi connectivity index (χ3v) is 5.78. The summed E-state index contributed by atoms with van der Waals surface area (Å²) in [4.78, 5) is 40.0. The number of hydrogen-bond acceptors (Lipinski definition) is 5. The third-order valence-electron chi connectivity index (χ3n) is 4.64. The summed E-state index contributed by atoms with van der Waals surface area (Å²) in [6.07, 6.45) is 3.45. The number of thioether (sulfide) groups is 1. The number of carbonyl (C=O) groups excluding carboxylic acids is 3. The molecule has 1 aromatic carbocycles. The van der Waals surface area contributed by atoms with Crippen molar-refractivity contribution in [1.29, 1.82) is 0 Å². The number of carbonyl (C=O) groups is 3. The van der Waals surface area contributed by atoms with Crippen LogP contribution in [-0.2, 0) is 9.59 Å². The molecule has 0 bridgehead atoms. The molecule has 6 nitrogen and oxygen atoms in total. The van der Waals surface area contributed by atoms with E-state index in [-0.39, 0.29) is 17.4 Å². The van der Waals surface area contributed by atoms with Gasteiger partial charge in [-0.3, -0.25) is 19.3 Å². The molecule has 144 valence electrons. The van der Waals surface area contributed by atoms with Gasteiger partial charge in [0.25, 0.3) is 11.1 Å². The maximum Gasteiger partial charge on any atom is 0.294 e. The molecule has 2 fully saturated rings. The Morgan fingerprint density at radius 2 is 1.96 bits per heavy atom. The van der Waals surface area contributed by atoms with E-state index in [2.05, 4.69) is 0 Å². The number of furan rings is 1. The van der Waals surface area contributed by atoms with Gasteiger partial charge in [0, 0.05) is 29.8 Å². The second kappa shape index (κ2) is 7.85. The van der Waals surface area contributed by atoms with Crippen molar-refractivity contribution in [3.8, 4) is 11.3 Å². The first-order chi connectivity index (χ1) is 13.5. The number of likely N-dealkylation sites (tertiary alicyclic amines) is 1. The molecular weight excluding hydrogens is 400 g/mol. The summed E-state index contributed by atoms with van der Waals surface area (Å²) in [7, 11) is 0. The van der Waals surface area contributed by atoms with Gasteiger partial charge in [-0.2, -0.15) is 0 Å². The average Bonchev–Trinajstić information content (AvgIpc) is 3.40. The Labute approximate surface area is 171 Å². The maximum absolute atomic E-state index is 12.6. The van der Waals surface area contributed by atoms with Crippen LogP contribution in [0.5, 0.6) is 0 Å². The lowest BCUT2D eigenvalue weighted by molar-refractivity contribution is -0.135. The van der Waals surface area contributed by atoms with E-state index in [0.29, 0.717) is 29.6 Å². The van der Waals surface area contributed by atoms with Gasteiger partial charge in [-0.05, 0) is 48.9 Å². The summed E-state index contributed by atoms with van der Waals surface area (Å²) in [5.74, 6) is 0.397. The van der Waals surface area contributed by atoms with Gasteiger partial charge >= 0.3 is 0 Å². The molecule has 0 unspecified atom stereocenters. The van der Waals surface area contributed by atoms with Crippen molar-refractivity contribution in [3.63, 3.8) is 0 Å². The Hall–Kier alpha value is -2.51. The Morgan fingerprint density at radius 1 is 1.18 bits per heavy atom. The molecule has 0 N–H and O–H groups in total. The van der Waals surface area contributed by atoms with Crippen molar-refractivity contribution in [2.75, 3.05) is 19.6 Å². The fourth-order valence-corrected chi connectivity index (χ4v) is 4.20. The lowest BCUT2D eigenvalue weighted by Crippen LogP contribution is -2.40. The van der Waals surface area contributed by atoms with E-state index in [9.17, 15) is 14.4 Å². The van der Waals surface area contributed by atoms with Gasteiger partial charge in [-0.25, -0.2) is 0 Å². The van der Waals surface area contributed by atoms with Crippen LogP contribution in [-0.4, -0.2) is 46.5 Å². The summed E-state index contributed by atoms with van der Waals surface area (Å²) < 4.78 is 5.76. The molecule has 2 saturated heterocycles. The van der Waals surface area contributed by atoms with E-state index in [0.717, 1.165) is 35.1 Å². The van der Waals surface area contributed by atoms with E-state index in [4.69, 9.17) is 16.0 Å². The van der Waals surface area contributed by atoms with E-state index < -0.39 is 11.1 Å². The van der Waals surface area contributed by atoms with Gasteiger partial charge in [-0.15, -0.1) is 0 Å². The summed E-state index contributed by atoms with van der Waals surface area (Å²) in [6, 6.07) is 10.7. The van der Waals surface area contributed by atoms with Gasteiger partial charge < -0.3 is 9.32 Å². The fraction of sp³-hybridized carbons (Fsp3) is 0.250. The van der Waals surface area contributed by atoms with Crippen molar-refractivity contribution < 1.29 is 18.8 Å². The molecular formula is C20H17ClN2O4S. The minimum absolute atomic E-state index is 0.192. The highest BCUT2D eigenvalue weighted by molar-refractivity contribution is 8.18. The minimum atomic E-state index is -0.469. The van der Waals surface area contributed by atoms with Gasteiger partial charge in [-0.1, -0.05) is 23.7 Å². The first-order valence-corrected chi connectivity index (χ1v) is 10.1. The summed E-state index contributed by atoms with van der Waals surface area (Å²) in [5.41, 5.74) is 0.816. The highest BCUT2D eigenvalue weighted by Crippen LogP contribution is 2.33. The molecule has 4 rings (SSSR count). The molecule has 3 amide bonds. The Kier molecular flexibility index (Phi) is 5.28. The normalized spacial score (nSPS) is 18.5. The molecule has 28 heavy (non-hydrogen) atoms. The first kappa shape index (κ1) is 18.8. The van der Waals surface area contributed by atoms with Crippen molar-refractivity contribution in [1.82, 2.24) is 9.80 Å². The summed E-state index contributed by atoms with van der Waals surface area (Å²) in [6.45, 7) is 1.15. The second-order valence-corrected chi connectivity index (χ2v) is 8.00. The van der Waals surface area contributed by atoms with E-state index in [1.165, 1.54) is 6.08 Å². The van der Waals surface area contributed by atoms with E-state index in [1.54, 1.807) is 29.2 Å². The largest absolute Gasteiger partial charge is 0.457 e. The monoisotopic (exact) mass is 416 g/mol. The van der Waals surface area contributed by atoms with Crippen LogP contribution in [0.1, 0.15) is 18.6 Å². The molecule has 2 aromatic rings. The first-order valence-electron chi connectivity index (χ1n) is 8.90. The molecule has 2 aliphatic heterocycles. The fourth-order valence-electron chi connectivity index (χ4n) is 3.19. The predicted octanol–water partition coefficient (Wildman–Crippen LogP) is 4.26. The second-order valence-electron chi connectivity index (χ2n) is 6.57. The molecule has 0 spiro atoms. The predicted molar refractivity (Wildman–Crippen MR) is 108 cm³/mol. The number of hydrogen-bond donors (Lipinski definition) is 0. The zero-order valence-electron chi connectivity index (χ0n) is 14.9. The molecule has 1 aromatic heterocycles. The van der Waals surface area contributed by atoms with E-state index in [1.807, 2.05) is 12.1 Å². The van der Waals surface area contributed by atoms with E-state index >= 15 is 0 Å². The quantitative estimate of drug-likeness (QED) is 0.696. The van der Waals surface area contributed by atoms with Crippen molar-refractivity contribution in [2.24, 2.45) is 0 Å². The smallest absolute Gasteiger partial charge is 0.294 e. The summed E-state index contributed by atoms with van der Waals surface area (Å²) >= 11 is 6.82. The number of imide groups is 1. The molecule has 0 saturated carbocycles. The standard InChI is InChI=1S/C20H17ClN2O4S/c21-14-5-3-4-13(10-14)16-7-6-15(27-16)11-17-19(25)23(20(26)28-17)12-18(24)22-8-1-2-9-22/h3-7,10-11H,1-2,8-9,12H2/b17-11-. The van der Waals surface area contributed by atoms with Crippen molar-refractivity contribution in [2.45, 2.75) is 12.8 Å². The molecule has 0 radical (unpaired) electrons. The Morgan fingerprint density at radius 3 is 2.71 bits per heavy atom. The van der Waals surface area contributed by atoms with Crippen LogP contribution in [0, 0.1) is 0 Å². The highest BCUT2D eigenvalue weighted by atomic mass is 35.5. The van der Waals surface area contributed by atoms with Gasteiger partial charge in [0.2, 0.25) is 5.91 Å². The lowest BCUT2D eigenvalue weighted by atomic mass is 10.2. The van der Waals surface area contributed by atoms with Crippen molar-refractivity contribution >= 4 is 46.5 Å². The zero-order chi connectivity index (χ0) is 19.7. The number of amides is 3. The lowest BCUT2D eigenvalue weighted by Gasteiger charge is -2.18. The van der Waals surface area contributed by atoms with Gasteiger partial charge in [0.1, 0.15) is 18.1 Å². The van der Waals surface area contributed by atoms with Gasteiger partial charge in [0.05, 0.1) is 4.91 Å². The molecule has 8 heteroatoms. The topological polar surface area (TPSA) is 70.8 Å². The number of rotatable bonds is 4. The Bertz CT molecular complexity index is 978. The van der Waals surface area contributed by atoms with Crippen LogP contribution in [0.3, 0.4) is 0 Å². The van der Waals surface area contributed by atoms with Crippen LogP contribution in [0.2, 0.25) is 5.02 Å². The summed E-state index contributed by atoms with van der Waals surface area (Å²) in [5, 5.41) is 0.157. The SMILES string of the molecule is O=C(CN1C(=O)S/C(=C\c2ccc(-c3cccc(Cl)c3)o2)C1=O)N1CCCC1. The minimum Gasteiger partial charge on any atom is -0.457 e. The average molecular weight is 417 g/mol. The number of benzene rings is 1. The van der Waals surface area contributed by atoms with Crippen LogP contribution < -0.4 is 0 Å². The maximum atomic E-state index is 12.6. The third kappa shape index (κ3) is 3.86. The Balaban J connectivity index is 1.49. The number of nitrogens with zero attached hydrogens (tertiary/aromatic N) is 2. The highest BCUT2D eigenvalue weighted by Gasteiger charge is 2.37.